The topological polar surface area (TPSA) is 67.4 Å². The molecule has 0 aliphatic heterocycles. The molecule has 120 valence electrons. The highest BCUT2D eigenvalue weighted by Gasteiger charge is 2.26. The first-order valence-electron chi connectivity index (χ1n) is 6.80. The minimum Gasteiger partial charge on any atom is -0.377 e. The van der Waals surface area contributed by atoms with E-state index in [9.17, 15) is 8.42 Å². The van der Waals surface area contributed by atoms with E-state index < -0.39 is 15.6 Å². The Morgan fingerprint density at radius 2 is 2.14 bits per heavy atom. The number of rotatable bonds is 8. The molecule has 0 spiro atoms. The number of nitrogens with one attached hydrogen (secondary N) is 2. The molecule has 8 heteroatoms. The van der Waals surface area contributed by atoms with Crippen LogP contribution in [0.2, 0.25) is 0 Å². The Morgan fingerprint density at radius 3 is 2.71 bits per heavy atom. The molecule has 0 unspecified atom stereocenters. The first-order valence-corrected chi connectivity index (χ1v) is 9.89. The first-order chi connectivity index (χ1) is 9.73. The second-order valence-corrected chi connectivity index (χ2v) is 9.98. The van der Waals surface area contributed by atoms with Crippen LogP contribution in [-0.2, 0) is 21.3 Å². The van der Waals surface area contributed by atoms with E-state index in [1.807, 2.05) is 13.8 Å². The molecule has 5 nitrogen and oxygen atoms in total. The Balaban J connectivity index is 2.04. The van der Waals surface area contributed by atoms with Crippen molar-refractivity contribution in [1.29, 1.82) is 0 Å². The van der Waals surface area contributed by atoms with Crippen LogP contribution in [0.15, 0.2) is 14.7 Å². The third kappa shape index (κ3) is 5.01. The summed E-state index contributed by atoms with van der Waals surface area (Å²) in [5, 5.41) is 3.38. The van der Waals surface area contributed by atoms with Gasteiger partial charge in [0.1, 0.15) is 4.90 Å². The van der Waals surface area contributed by atoms with E-state index in [1.165, 1.54) is 24.2 Å². The molecule has 0 aromatic carbocycles. The summed E-state index contributed by atoms with van der Waals surface area (Å²) < 4.78 is 33.2. The van der Waals surface area contributed by atoms with Crippen LogP contribution in [0.25, 0.3) is 0 Å². The first kappa shape index (κ1) is 17.4. The molecule has 1 fully saturated rings. The third-order valence-corrected chi connectivity index (χ3v) is 7.03. The number of hydrogen-bond donors (Lipinski definition) is 2. The highest BCUT2D eigenvalue weighted by molar-refractivity contribution is 9.11. The molecule has 0 saturated heterocycles. The summed E-state index contributed by atoms with van der Waals surface area (Å²) in [5.74, 6) is 0. The molecule has 0 bridgehead atoms. The third-order valence-electron chi connectivity index (χ3n) is 3.38. The van der Waals surface area contributed by atoms with Crippen molar-refractivity contribution >= 4 is 37.3 Å². The van der Waals surface area contributed by atoms with E-state index in [2.05, 4.69) is 26.0 Å². The zero-order valence-corrected chi connectivity index (χ0v) is 15.6. The molecule has 0 amide bonds. The number of halogens is 1. The van der Waals surface area contributed by atoms with Gasteiger partial charge in [-0.05, 0) is 48.7 Å². The van der Waals surface area contributed by atoms with Gasteiger partial charge in [-0.3, -0.25) is 0 Å². The van der Waals surface area contributed by atoms with Gasteiger partial charge >= 0.3 is 0 Å². The highest BCUT2D eigenvalue weighted by atomic mass is 79.9. The van der Waals surface area contributed by atoms with Gasteiger partial charge in [0.15, 0.2) is 0 Å². The average Bonchev–Trinajstić information content (AvgIpc) is 3.17. The van der Waals surface area contributed by atoms with E-state index in [-0.39, 0.29) is 6.54 Å². The van der Waals surface area contributed by atoms with E-state index in [1.54, 1.807) is 13.2 Å². The van der Waals surface area contributed by atoms with Gasteiger partial charge < -0.3 is 10.1 Å². The van der Waals surface area contributed by atoms with Gasteiger partial charge in [-0.1, -0.05) is 0 Å². The lowest BCUT2D eigenvalue weighted by atomic mass is 10.1. The van der Waals surface area contributed by atoms with E-state index >= 15 is 0 Å². The molecule has 21 heavy (non-hydrogen) atoms. The fraction of sp³-hybridized carbons (Fsp3) is 0.692. The number of ether oxygens (including phenoxy) is 1. The number of sulfonamides is 1. The minimum absolute atomic E-state index is 0.226. The van der Waals surface area contributed by atoms with Crippen molar-refractivity contribution in [2.24, 2.45) is 0 Å². The lowest BCUT2D eigenvalue weighted by molar-refractivity contribution is 0.0276. The van der Waals surface area contributed by atoms with Crippen LogP contribution in [0.4, 0.5) is 0 Å². The van der Waals surface area contributed by atoms with Crippen LogP contribution < -0.4 is 10.0 Å². The van der Waals surface area contributed by atoms with Crippen LogP contribution in [0.5, 0.6) is 0 Å². The monoisotopic (exact) mass is 396 g/mol. The summed E-state index contributed by atoms with van der Waals surface area (Å²) in [6, 6.07) is 2.33. The SMILES string of the molecule is COC(C)(C)CNS(=O)(=O)c1cc(CNC2CC2)sc1Br. The summed E-state index contributed by atoms with van der Waals surface area (Å²) in [6.45, 7) is 4.61. The van der Waals surface area contributed by atoms with Crippen molar-refractivity contribution in [3.63, 3.8) is 0 Å². The molecule has 0 radical (unpaired) electrons. The fourth-order valence-electron chi connectivity index (χ4n) is 1.62. The van der Waals surface area contributed by atoms with Gasteiger partial charge in [0.25, 0.3) is 0 Å². The zero-order valence-electron chi connectivity index (χ0n) is 12.4. The molecule has 1 heterocycles. The average molecular weight is 397 g/mol. The van der Waals surface area contributed by atoms with Crippen LogP contribution in [0.3, 0.4) is 0 Å². The second kappa shape index (κ2) is 6.64. The smallest absolute Gasteiger partial charge is 0.242 e. The van der Waals surface area contributed by atoms with Crippen LogP contribution in [-0.4, -0.2) is 33.7 Å². The zero-order chi connectivity index (χ0) is 15.7. The van der Waals surface area contributed by atoms with Crippen LogP contribution in [0, 0.1) is 0 Å². The molecule has 2 N–H and O–H groups in total. The lowest BCUT2D eigenvalue weighted by Crippen LogP contribution is -2.39. The molecule has 1 aromatic rings. The van der Waals surface area contributed by atoms with Gasteiger partial charge in [0.05, 0.1) is 9.39 Å². The standard InChI is InChI=1S/C13H21BrN2O3S2/c1-13(2,19-3)8-16-21(17,18)11-6-10(20-12(11)14)7-15-9-4-5-9/h6,9,15-16H,4-5,7-8H2,1-3H3. The Bertz CT molecular complexity index is 595. The molecule has 1 saturated carbocycles. The highest BCUT2D eigenvalue weighted by Crippen LogP contribution is 2.32. The molecule has 1 aliphatic rings. The predicted molar refractivity (Wildman–Crippen MR) is 88.2 cm³/mol. The molecular weight excluding hydrogens is 376 g/mol. The van der Waals surface area contributed by atoms with Crippen molar-refractivity contribution < 1.29 is 13.2 Å². The van der Waals surface area contributed by atoms with Crippen LogP contribution in [0.1, 0.15) is 31.6 Å². The summed E-state index contributed by atoms with van der Waals surface area (Å²) in [6.07, 6.45) is 2.43. The Kier molecular flexibility index (Phi) is 5.49. The van der Waals surface area contributed by atoms with Crippen molar-refractivity contribution in [3.05, 3.63) is 14.7 Å². The van der Waals surface area contributed by atoms with Gasteiger partial charge in [-0.25, -0.2) is 13.1 Å². The summed E-state index contributed by atoms with van der Waals surface area (Å²) in [7, 11) is -1.96. The number of thiophene rings is 1. The molecule has 1 aliphatic carbocycles. The molecule has 2 rings (SSSR count). The molecule has 0 atom stereocenters. The summed E-state index contributed by atoms with van der Waals surface area (Å²) in [4.78, 5) is 1.31. The van der Waals surface area contributed by atoms with E-state index in [4.69, 9.17) is 4.74 Å². The van der Waals surface area contributed by atoms with Crippen molar-refractivity contribution in [1.82, 2.24) is 10.0 Å². The quantitative estimate of drug-likeness (QED) is 0.707. The molecular formula is C13H21BrN2O3S2. The number of methoxy groups -OCH3 is 1. The van der Waals surface area contributed by atoms with Gasteiger partial charge in [0.2, 0.25) is 10.0 Å². The van der Waals surface area contributed by atoms with Gasteiger partial charge in [-0.2, -0.15) is 0 Å². The fourth-order valence-corrected chi connectivity index (χ4v) is 5.45. The largest absolute Gasteiger partial charge is 0.377 e. The van der Waals surface area contributed by atoms with Crippen molar-refractivity contribution in [3.8, 4) is 0 Å². The maximum Gasteiger partial charge on any atom is 0.242 e. The normalized spacial score (nSPS) is 16.4. The van der Waals surface area contributed by atoms with Crippen molar-refractivity contribution in [2.45, 2.75) is 49.8 Å². The Hall–Kier alpha value is 0.01000. The number of hydrogen-bond acceptors (Lipinski definition) is 5. The summed E-state index contributed by atoms with van der Waals surface area (Å²) >= 11 is 4.81. The second-order valence-electron chi connectivity index (χ2n) is 5.79. The van der Waals surface area contributed by atoms with Gasteiger partial charge in [0, 0.05) is 31.1 Å². The Labute approximate surface area is 138 Å². The van der Waals surface area contributed by atoms with Crippen molar-refractivity contribution in [2.75, 3.05) is 13.7 Å². The predicted octanol–water partition coefficient (Wildman–Crippen LogP) is 2.47. The van der Waals surface area contributed by atoms with Gasteiger partial charge in [-0.15, -0.1) is 11.3 Å². The van der Waals surface area contributed by atoms with E-state index in [0.29, 0.717) is 21.3 Å². The molecule has 1 aromatic heterocycles. The lowest BCUT2D eigenvalue weighted by Gasteiger charge is -2.22. The minimum atomic E-state index is -3.53. The maximum atomic E-state index is 12.4. The van der Waals surface area contributed by atoms with Crippen LogP contribution >= 0.6 is 27.3 Å². The summed E-state index contributed by atoms with van der Waals surface area (Å²) in [5.41, 5.74) is -0.536. The van der Waals surface area contributed by atoms with E-state index in [0.717, 1.165) is 4.88 Å². The Morgan fingerprint density at radius 1 is 1.48 bits per heavy atom. The maximum absolute atomic E-state index is 12.4.